The summed E-state index contributed by atoms with van der Waals surface area (Å²) in [6.07, 6.45) is 0. The third-order valence-electron chi connectivity index (χ3n) is 4.29. The lowest BCUT2D eigenvalue weighted by Gasteiger charge is -2.17. The molecule has 2 amide bonds. The zero-order valence-electron chi connectivity index (χ0n) is 16.1. The molecule has 0 aromatic heterocycles. The number of anilines is 2. The van der Waals surface area contributed by atoms with Gasteiger partial charge < -0.3 is 10.6 Å². The fourth-order valence-corrected chi connectivity index (χ4v) is 2.71. The van der Waals surface area contributed by atoms with Gasteiger partial charge in [0.05, 0.1) is 18.8 Å². The van der Waals surface area contributed by atoms with Crippen molar-refractivity contribution in [1.82, 2.24) is 4.90 Å². The Hall–Kier alpha value is -2.99. The van der Waals surface area contributed by atoms with Crippen LogP contribution in [0.2, 0.25) is 0 Å². The number of hydrogen-bond donors (Lipinski definition) is 2. The molecule has 2 rings (SSSR count). The monoisotopic (exact) mass is 367 g/mol. The molecule has 0 aliphatic heterocycles. The van der Waals surface area contributed by atoms with E-state index in [9.17, 15) is 14.4 Å². The van der Waals surface area contributed by atoms with E-state index in [0.717, 1.165) is 16.8 Å². The molecule has 0 saturated heterocycles. The Bertz CT molecular complexity index is 862. The summed E-state index contributed by atoms with van der Waals surface area (Å²) in [5.41, 5.74) is 3.83. The fourth-order valence-electron chi connectivity index (χ4n) is 2.71. The van der Waals surface area contributed by atoms with E-state index in [4.69, 9.17) is 0 Å². The van der Waals surface area contributed by atoms with Crippen molar-refractivity contribution in [2.45, 2.75) is 20.8 Å². The average molecular weight is 367 g/mol. The fraction of sp³-hybridized carbons (Fsp3) is 0.286. The van der Waals surface area contributed by atoms with Gasteiger partial charge in [-0.15, -0.1) is 0 Å². The van der Waals surface area contributed by atoms with Crippen molar-refractivity contribution in [2.24, 2.45) is 0 Å². The van der Waals surface area contributed by atoms with Gasteiger partial charge >= 0.3 is 0 Å². The van der Waals surface area contributed by atoms with E-state index in [1.807, 2.05) is 32.0 Å². The highest BCUT2D eigenvalue weighted by Gasteiger charge is 2.14. The molecule has 0 spiro atoms. The summed E-state index contributed by atoms with van der Waals surface area (Å²) in [5, 5.41) is 5.60. The average Bonchev–Trinajstić information content (AvgIpc) is 2.58. The van der Waals surface area contributed by atoms with Crippen molar-refractivity contribution in [1.29, 1.82) is 0 Å². The van der Waals surface area contributed by atoms with Gasteiger partial charge in [-0.05, 0) is 57.1 Å². The van der Waals surface area contributed by atoms with Crippen molar-refractivity contribution in [3.63, 3.8) is 0 Å². The number of nitrogens with zero attached hydrogens (tertiary/aromatic N) is 1. The van der Waals surface area contributed by atoms with Gasteiger partial charge in [-0.25, -0.2) is 0 Å². The number of para-hydroxylation sites is 1. The van der Waals surface area contributed by atoms with E-state index in [1.54, 1.807) is 36.2 Å². The highest BCUT2D eigenvalue weighted by Crippen LogP contribution is 2.18. The molecule has 0 heterocycles. The summed E-state index contributed by atoms with van der Waals surface area (Å²) >= 11 is 0. The van der Waals surface area contributed by atoms with E-state index in [-0.39, 0.29) is 30.7 Å². The topological polar surface area (TPSA) is 78.5 Å². The second kappa shape index (κ2) is 9.09. The first-order valence-electron chi connectivity index (χ1n) is 8.72. The number of carbonyl (C=O) groups is 3. The lowest BCUT2D eigenvalue weighted by molar-refractivity contribution is -0.119. The molecule has 0 aliphatic carbocycles. The number of carbonyl (C=O) groups excluding carboxylic acids is 3. The lowest BCUT2D eigenvalue weighted by Crippen LogP contribution is -2.36. The van der Waals surface area contributed by atoms with Gasteiger partial charge in [0.15, 0.2) is 5.78 Å². The summed E-state index contributed by atoms with van der Waals surface area (Å²) in [4.78, 5) is 37.7. The van der Waals surface area contributed by atoms with E-state index in [1.165, 1.54) is 6.92 Å². The number of benzene rings is 2. The molecule has 2 N–H and O–H groups in total. The van der Waals surface area contributed by atoms with Crippen LogP contribution in [-0.4, -0.2) is 42.6 Å². The van der Waals surface area contributed by atoms with Crippen molar-refractivity contribution >= 4 is 29.0 Å². The molecule has 2 aromatic carbocycles. The number of likely N-dealkylation sites (N-methyl/N-ethyl adjacent to an activating group) is 1. The number of hydrogen-bond acceptors (Lipinski definition) is 4. The quantitative estimate of drug-likeness (QED) is 0.738. The van der Waals surface area contributed by atoms with Gasteiger partial charge in [0.2, 0.25) is 11.8 Å². The molecule has 27 heavy (non-hydrogen) atoms. The molecule has 6 heteroatoms. The zero-order valence-corrected chi connectivity index (χ0v) is 16.1. The minimum absolute atomic E-state index is 0.0342. The molecule has 0 radical (unpaired) electrons. The molecule has 142 valence electrons. The maximum Gasteiger partial charge on any atom is 0.238 e. The number of Topliss-reactive ketones (excluding diaryl/α,β-unsaturated/α-hetero) is 1. The van der Waals surface area contributed by atoms with Gasteiger partial charge in [0.25, 0.3) is 0 Å². The molecule has 0 unspecified atom stereocenters. The van der Waals surface area contributed by atoms with Gasteiger partial charge in [0.1, 0.15) is 0 Å². The van der Waals surface area contributed by atoms with Crippen LogP contribution in [-0.2, 0) is 9.59 Å². The second-order valence-electron chi connectivity index (χ2n) is 6.62. The van der Waals surface area contributed by atoms with E-state index in [2.05, 4.69) is 10.6 Å². The van der Waals surface area contributed by atoms with Crippen LogP contribution in [0.15, 0.2) is 42.5 Å². The first-order valence-corrected chi connectivity index (χ1v) is 8.72. The highest BCUT2D eigenvalue weighted by molar-refractivity contribution is 6.04. The molecular weight excluding hydrogens is 342 g/mol. The van der Waals surface area contributed by atoms with Crippen LogP contribution < -0.4 is 10.6 Å². The molecule has 0 atom stereocenters. The van der Waals surface area contributed by atoms with Crippen molar-refractivity contribution < 1.29 is 14.4 Å². The summed E-state index contributed by atoms with van der Waals surface area (Å²) < 4.78 is 0. The minimum Gasteiger partial charge on any atom is -0.325 e. The summed E-state index contributed by atoms with van der Waals surface area (Å²) in [6.45, 7) is 5.51. The molecule has 0 saturated carbocycles. The number of amides is 2. The smallest absolute Gasteiger partial charge is 0.238 e. The van der Waals surface area contributed by atoms with Gasteiger partial charge in [-0.3, -0.25) is 19.3 Å². The Morgan fingerprint density at radius 2 is 1.41 bits per heavy atom. The zero-order chi connectivity index (χ0) is 20.0. The van der Waals surface area contributed by atoms with Crippen molar-refractivity contribution in [3.05, 3.63) is 59.2 Å². The predicted molar refractivity (Wildman–Crippen MR) is 107 cm³/mol. The summed E-state index contributed by atoms with van der Waals surface area (Å²) in [5.74, 6) is -0.596. The van der Waals surface area contributed by atoms with E-state index >= 15 is 0 Å². The maximum atomic E-state index is 12.2. The van der Waals surface area contributed by atoms with Gasteiger partial charge in [0, 0.05) is 11.3 Å². The van der Waals surface area contributed by atoms with Crippen LogP contribution in [0.5, 0.6) is 0 Å². The Morgan fingerprint density at radius 3 is 2.04 bits per heavy atom. The Balaban J connectivity index is 1.90. The predicted octanol–water partition coefficient (Wildman–Crippen LogP) is 3.02. The molecule has 0 fully saturated rings. The highest BCUT2D eigenvalue weighted by atomic mass is 16.2. The first-order chi connectivity index (χ1) is 12.8. The molecule has 2 aromatic rings. The molecule has 0 aliphatic rings. The maximum absolute atomic E-state index is 12.2. The first kappa shape index (κ1) is 20.3. The Morgan fingerprint density at radius 1 is 0.852 bits per heavy atom. The largest absolute Gasteiger partial charge is 0.325 e. The van der Waals surface area contributed by atoms with Crippen LogP contribution in [0, 0.1) is 13.8 Å². The molecule has 0 bridgehead atoms. The number of rotatable bonds is 7. The van der Waals surface area contributed by atoms with Crippen LogP contribution >= 0.6 is 0 Å². The van der Waals surface area contributed by atoms with Crippen LogP contribution in [0.3, 0.4) is 0 Å². The van der Waals surface area contributed by atoms with Gasteiger partial charge in [-0.1, -0.05) is 24.3 Å². The second-order valence-corrected chi connectivity index (χ2v) is 6.62. The third-order valence-corrected chi connectivity index (χ3v) is 4.29. The summed E-state index contributed by atoms with van der Waals surface area (Å²) in [6, 6.07) is 12.6. The molecular formula is C21H25N3O3. The standard InChI is InChI=1S/C21H25N3O3/c1-14-8-7-11-18(15(14)2)22-20(26)12-24(4)13-21(27)23-19-10-6-5-9-17(19)16(3)25/h5-11H,12-13H2,1-4H3,(H,22,26)(H,23,27). The Labute approximate surface area is 159 Å². The number of nitrogens with one attached hydrogen (secondary N) is 2. The normalized spacial score (nSPS) is 10.6. The van der Waals surface area contributed by atoms with E-state index < -0.39 is 0 Å². The van der Waals surface area contributed by atoms with Crippen LogP contribution in [0.1, 0.15) is 28.4 Å². The molecule has 6 nitrogen and oxygen atoms in total. The third kappa shape index (κ3) is 5.76. The number of ketones is 1. The summed E-state index contributed by atoms with van der Waals surface area (Å²) in [7, 11) is 1.69. The van der Waals surface area contributed by atoms with Crippen LogP contribution in [0.25, 0.3) is 0 Å². The van der Waals surface area contributed by atoms with Gasteiger partial charge in [-0.2, -0.15) is 0 Å². The number of aryl methyl sites for hydroxylation is 1. The van der Waals surface area contributed by atoms with E-state index in [0.29, 0.717) is 11.3 Å². The van der Waals surface area contributed by atoms with Crippen molar-refractivity contribution in [3.8, 4) is 0 Å². The SMILES string of the molecule is CC(=O)c1ccccc1NC(=O)CN(C)CC(=O)Nc1cccc(C)c1C. The van der Waals surface area contributed by atoms with Crippen molar-refractivity contribution in [2.75, 3.05) is 30.8 Å². The minimum atomic E-state index is -0.286. The Kier molecular flexibility index (Phi) is 6.85. The van der Waals surface area contributed by atoms with Crippen LogP contribution in [0.4, 0.5) is 11.4 Å². The lowest BCUT2D eigenvalue weighted by atomic mass is 10.1.